The predicted octanol–water partition coefficient (Wildman–Crippen LogP) is 5.27. The summed E-state index contributed by atoms with van der Waals surface area (Å²) in [7, 11) is -4.77. The Labute approximate surface area is 187 Å². The molecule has 1 saturated heterocycles. The highest BCUT2D eigenvalue weighted by Gasteiger charge is 2.63. The van der Waals surface area contributed by atoms with Crippen molar-refractivity contribution in [1.82, 2.24) is 9.19 Å². The van der Waals surface area contributed by atoms with E-state index in [1.165, 1.54) is 0 Å². The SMILES string of the molecule is CC(F)(F)c1ccc(S(=O)(=O)n2nc(N3CC(F)(F)C(F)(F)C3)c3c(Cl)ccc(F)c32)cc1. The van der Waals surface area contributed by atoms with Gasteiger partial charge in [-0.1, -0.05) is 23.7 Å². The Bertz CT molecular complexity index is 1340. The Morgan fingerprint density at radius 2 is 1.55 bits per heavy atom. The first-order valence-electron chi connectivity index (χ1n) is 9.17. The lowest BCUT2D eigenvalue weighted by Gasteiger charge is -2.14. The van der Waals surface area contributed by atoms with Crippen LogP contribution < -0.4 is 4.90 Å². The minimum Gasteiger partial charge on any atom is -0.342 e. The minimum absolute atomic E-state index is 0.132. The second-order valence-electron chi connectivity index (χ2n) is 7.60. The monoisotopic (exact) mass is 515 g/mol. The van der Waals surface area contributed by atoms with Crippen molar-refractivity contribution >= 4 is 38.3 Å². The van der Waals surface area contributed by atoms with Crippen LogP contribution in [0.2, 0.25) is 5.02 Å². The number of hydrogen-bond donors (Lipinski definition) is 0. The molecule has 1 aliphatic heterocycles. The number of halogens is 8. The lowest BCUT2D eigenvalue weighted by molar-refractivity contribution is -0.172. The van der Waals surface area contributed by atoms with Crippen LogP contribution in [0.3, 0.4) is 0 Å². The van der Waals surface area contributed by atoms with Crippen molar-refractivity contribution in [3.05, 3.63) is 52.8 Å². The molecule has 0 aliphatic carbocycles. The van der Waals surface area contributed by atoms with Gasteiger partial charge in [0.05, 0.1) is 28.4 Å². The molecule has 1 fully saturated rings. The van der Waals surface area contributed by atoms with Crippen molar-refractivity contribution in [2.24, 2.45) is 0 Å². The van der Waals surface area contributed by atoms with Gasteiger partial charge in [0.2, 0.25) is 0 Å². The van der Waals surface area contributed by atoms with E-state index in [4.69, 9.17) is 11.6 Å². The highest BCUT2D eigenvalue weighted by molar-refractivity contribution is 7.90. The third-order valence-electron chi connectivity index (χ3n) is 5.18. The molecule has 178 valence electrons. The van der Waals surface area contributed by atoms with E-state index in [9.17, 15) is 39.2 Å². The molecule has 3 aromatic rings. The summed E-state index contributed by atoms with van der Waals surface area (Å²) in [6, 6.07) is 5.11. The topological polar surface area (TPSA) is 55.2 Å². The van der Waals surface area contributed by atoms with E-state index < -0.39 is 73.9 Å². The summed E-state index contributed by atoms with van der Waals surface area (Å²) in [5.74, 6) is -14.0. The summed E-state index contributed by atoms with van der Waals surface area (Å²) in [5, 5.41) is 2.87. The summed E-state index contributed by atoms with van der Waals surface area (Å²) in [5.41, 5.74) is -1.26. The molecule has 2 aromatic carbocycles. The fraction of sp³-hybridized carbons (Fsp3) is 0.316. The first-order valence-corrected chi connectivity index (χ1v) is 11.0. The number of nitrogens with zero attached hydrogens (tertiary/aromatic N) is 3. The zero-order chi connectivity index (χ0) is 24.6. The van der Waals surface area contributed by atoms with Gasteiger partial charge < -0.3 is 4.90 Å². The zero-order valence-corrected chi connectivity index (χ0v) is 18.0. The number of hydrogen-bond acceptors (Lipinski definition) is 4. The number of rotatable bonds is 4. The molecule has 0 radical (unpaired) electrons. The first kappa shape index (κ1) is 23.6. The molecule has 0 spiro atoms. The van der Waals surface area contributed by atoms with E-state index in [1.807, 2.05) is 0 Å². The summed E-state index contributed by atoms with van der Waals surface area (Å²) in [4.78, 5) is -0.164. The Kier molecular flexibility index (Phi) is 5.17. The van der Waals surface area contributed by atoms with Crippen LogP contribution in [0.4, 0.5) is 36.6 Å². The van der Waals surface area contributed by atoms with E-state index in [-0.39, 0.29) is 9.11 Å². The van der Waals surface area contributed by atoms with E-state index in [0.29, 0.717) is 11.8 Å². The molecule has 33 heavy (non-hydrogen) atoms. The van der Waals surface area contributed by atoms with Gasteiger partial charge >= 0.3 is 11.8 Å². The van der Waals surface area contributed by atoms with Gasteiger partial charge in [-0.25, -0.2) is 13.2 Å². The molecule has 4 rings (SSSR count). The van der Waals surface area contributed by atoms with Crippen molar-refractivity contribution in [3.8, 4) is 0 Å². The average molecular weight is 516 g/mol. The average Bonchev–Trinajstić information content (AvgIpc) is 3.21. The molecule has 0 saturated carbocycles. The second kappa shape index (κ2) is 7.23. The third-order valence-corrected chi connectivity index (χ3v) is 7.08. The molecule has 5 nitrogen and oxygen atoms in total. The Morgan fingerprint density at radius 3 is 2.06 bits per heavy atom. The molecule has 0 unspecified atom stereocenters. The Hall–Kier alpha value is -2.54. The van der Waals surface area contributed by atoms with Crippen LogP contribution in [0.5, 0.6) is 0 Å². The molecule has 14 heteroatoms. The molecule has 0 amide bonds. The van der Waals surface area contributed by atoms with Crippen LogP contribution in [0.1, 0.15) is 12.5 Å². The van der Waals surface area contributed by atoms with Gasteiger partial charge in [-0.2, -0.15) is 26.0 Å². The van der Waals surface area contributed by atoms with Crippen molar-refractivity contribution in [2.75, 3.05) is 18.0 Å². The van der Waals surface area contributed by atoms with Gasteiger partial charge in [0.1, 0.15) is 5.52 Å². The highest BCUT2D eigenvalue weighted by Crippen LogP contribution is 2.45. The maximum atomic E-state index is 14.7. The normalized spacial score (nSPS) is 18.3. The number of aromatic nitrogens is 2. The second-order valence-corrected chi connectivity index (χ2v) is 9.78. The van der Waals surface area contributed by atoms with Crippen LogP contribution in [0.15, 0.2) is 41.3 Å². The van der Waals surface area contributed by atoms with Gasteiger partial charge in [0, 0.05) is 12.5 Å². The van der Waals surface area contributed by atoms with Crippen molar-refractivity contribution in [2.45, 2.75) is 29.6 Å². The van der Waals surface area contributed by atoms with Crippen LogP contribution in [-0.2, 0) is 15.9 Å². The Morgan fingerprint density at radius 1 is 1.00 bits per heavy atom. The van der Waals surface area contributed by atoms with Gasteiger partial charge in [0.25, 0.3) is 15.9 Å². The molecule has 0 bridgehead atoms. The molecule has 1 aliphatic rings. The maximum Gasteiger partial charge on any atom is 0.329 e. The number of fused-ring (bicyclic) bond motifs is 1. The quantitative estimate of drug-likeness (QED) is 0.444. The van der Waals surface area contributed by atoms with Crippen LogP contribution in [0.25, 0.3) is 10.9 Å². The van der Waals surface area contributed by atoms with E-state index in [2.05, 4.69) is 5.10 Å². The van der Waals surface area contributed by atoms with Gasteiger partial charge in [0.15, 0.2) is 11.6 Å². The van der Waals surface area contributed by atoms with Gasteiger partial charge in [-0.3, -0.25) is 0 Å². The van der Waals surface area contributed by atoms with Crippen LogP contribution >= 0.6 is 11.6 Å². The summed E-state index contributed by atoms with van der Waals surface area (Å²) >= 11 is 6.04. The summed E-state index contributed by atoms with van der Waals surface area (Å²) in [6.07, 6.45) is 0. The Balaban J connectivity index is 1.92. The fourth-order valence-electron chi connectivity index (χ4n) is 3.46. The van der Waals surface area contributed by atoms with Gasteiger partial charge in [-0.15, -0.1) is 9.19 Å². The van der Waals surface area contributed by atoms with Crippen LogP contribution in [0, 0.1) is 5.82 Å². The van der Waals surface area contributed by atoms with E-state index in [0.717, 1.165) is 36.4 Å². The number of benzene rings is 2. The molecular formula is C19H13ClF7N3O2S. The zero-order valence-electron chi connectivity index (χ0n) is 16.5. The smallest absolute Gasteiger partial charge is 0.329 e. The molecule has 2 heterocycles. The summed E-state index contributed by atoms with van der Waals surface area (Å²) < 4.78 is 123. The fourth-order valence-corrected chi connectivity index (χ4v) is 4.98. The first-order chi connectivity index (χ1) is 15.1. The molecule has 0 N–H and O–H groups in total. The van der Waals surface area contributed by atoms with Crippen molar-refractivity contribution in [1.29, 1.82) is 0 Å². The lowest BCUT2D eigenvalue weighted by Crippen LogP contribution is -2.38. The third kappa shape index (κ3) is 3.70. The van der Waals surface area contributed by atoms with E-state index >= 15 is 0 Å². The molecule has 1 aromatic heterocycles. The maximum absolute atomic E-state index is 14.7. The molecular weight excluding hydrogens is 503 g/mol. The highest BCUT2D eigenvalue weighted by atomic mass is 35.5. The van der Waals surface area contributed by atoms with Crippen molar-refractivity contribution in [3.63, 3.8) is 0 Å². The minimum atomic E-state index is -4.77. The largest absolute Gasteiger partial charge is 0.342 e. The standard InChI is InChI=1S/C19H13ClF7N3O2S/c1-17(22,23)10-2-4-11(5-3-10)33(31,32)30-15-13(21)7-6-12(20)14(15)16(28-30)29-8-18(24,25)19(26,27)9-29/h2-7H,8-9H2,1H3. The number of alkyl halides is 6. The van der Waals surface area contributed by atoms with Crippen LogP contribution in [-0.4, -0.2) is 42.5 Å². The van der Waals surface area contributed by atoms with Gasteiger partial charge in [-0.05, 0) is 24.3 Å². The van der Waals surface area contributed by atoms with Crippen molar-refractivity contribution < 1.29 is 39.2 Å². The lowest BCUT2D eigenvalue weighted by atomic mass is 10.1. The molecule has 0 atom stereocenters. The van der Waals surface area contributed by atoms with E-state index in [1.54, 1.807) is 0 Å². The number of anilines is 1. The summed E-state index contributed by atoms with van der Waals surface area (Å²) in [6.45, 7) is -2.43. The predicted molar refractivity (Wildman–Crippen MR) is 105 cm³/mol.